The number of hydrogen-bond donors (Lipinski definition) is 1. The van der Waals surface area contributed by atoms with Gasteiger partial charge in [0.05, 0.1) is 18.8 Å². The van der Waals surface area contributed by atoms with Gasteiger partial charge in [-0.25, -0.2) is 4.79 Å². The van der Waals surface area contributed by atoms with Crippen LogP contribution in [0.5, 0.6) is 5.75 Å². The average Bonchev–Trinajstić information content (AvgIpc) is 3.10. The number of nitrogens with one attached hydrogen (secondary N) is 1. The molecule has 0 aliphatic heterocycles. The zero-order valence-electron chi connectivity index (χ0n) is 18.5. The molecule has 1 heterocycles. The Morgan fingerprint density at radius 2 is 2.00 bits per heavy atom. The predicted molar refractivity (Wildman–Crippen MR) is 126 cm³/mol. The van der Waals surface area contributed by atoms with E-state index < -0.39 is 0 Å². The van der Waals surface area contributed by atoms with Crippen LogP contribution in [0.1, 0.15) is 66.4 Å². The van der Waals surface area contributed by atoms with Gasteiger partial charge in [0.25, 0.3) is 0 Å². The lowest BCUT2D eigenvalue weighted by Gasteiger charge is -2.18. The van der Waals surface area contributed by atoms with Crippen LogP contribution in [0.2, 0.25) is 0 Å². The first kappa shape index (κ1) is 23.1. The molecule has 1 aromatic carbocycles. The predicted octanol–water partition coefficient (Wildman–Crippen LogP) is 5.88. The molecule has 1 aromatic heterocycles. The van der Waals surface area contributed by atoms with E-state index in [0.717, 1.165) is 49.0 Å². The van der Waals surface area contributed by atoms with Crippen LogP contribution in [0, 0.1) is 5.92 Å². The first-order valence-electron chi connectivity index (χ1n) is 11.0. The molecule has 31 heavy (non-hydrogen) atoms. The van der Waals surface area contributed by atoms with Crippen molar-refractivity contribution in [3.05, 3.63) is 51.9 Å². The summed E-state index contributed by atoms with van der Waals surface area (Å²) in [7, 11) is 0. The number of carbonyl (C=O) groups excluding carboxylic acids is 2. The van der Waals surface area contributed by atoms with E-state index in [1.807, 2.05) is 24.3 Å². The molecular formula is C25H31NO4S. The fraction of sp³-hybridized carbons (Fsp3) is 0.440. The summed E-state index contributed by atoms with van der Waals surface area (Å²) in [6.45, 7) is 7.16. The Hall–Kier alpha value is -2.60. The van der Waals surface area contributed by atoms with Crippen molar-refractivity contribution in [2.24, 2.45) is 5.92 Å². The molecule has 0 bridgehead atoms. The molecule has 1 aliphatic rings. The van der Waals surface area contributed by atoms with E-state index in [9.17, 15) is 9.59 Å². The van der Waals surface area contributed by atoms with Crippen molar-refractivity contribution in [2.45, 2.75) is 52.9 Å². The molecule has 0 saturated heterocycles. The first-order valence-corrected chi connectivity index (χ1v) is 11.9. The SMILES string of the molecule is CCCCOc1ccc(/C=C/C(=O)Nc2sc3c(c2C(=O)OCC)CCC(C)C3)cc1. The minimum atomic E-state index is -0.354. The first-order chi connectivity index (χ1) is 15.0. The third-order valence-electron chi connectivity index (χ3n) is 5.30. The van der Waals surface area contributed by atoms with E-state index in [0.29, 0.717) is 29.7 Å². The van der Waals surface area contributed by atoms with E-state index in [1.165, 1.54) is 22.3 Å². The van der Waals surface area contributed by atoms with Crippen LogP contribution in [-0.2, 0) is 22.4 Å². The lowest BCUT2D eigenvalue weighted by Crippen LogP contribution is -2.15. The molecule has 3 rings (SSSR count). The largest absolute Gasteiger partial charge is 0.494 e. The fourth-order valence-corrected chi connectivity index (χ4v) is 4.99. The van der Waals surface area contributed by atoms with Crippen molar-refractivity contribution in [3.8, 4) is 5.75 Å². The van der Waals surface area contributed by atoms with Crippen molar-refractivity contribution >= 4 is 34.3 Å². The van der Waals surface area contributed by atoms with Crippen LogP contribution in [0.3, 0.4) is 0 Å². The Morgan fingerprint density at radius 3 is 2.71 bits per heavy atom. The van der Waals surface area contributed by atoms with Crippen LogP contribution in [0.25, 0.3) is 6.08 Å². The molecule has 6 heteroatoms. The average molecular weight is 442 g/mol. The number of fused-ring (bicyclic) bond motifs is 1. The highest BCUT2D eigenvalue weighted by molar-refractivity contribution is 7.17. The molecular weight excluding hydrogens is 410 g/mol. The summed E-state index contributed by atoms with van der Waals surface area (Å²) in [6.07, 6.45) is 8.20. The lowest BCUT2D eigenvalue weighted by molar-refractivity contribution is -0.111. The van der Waals surface area contributed by atoms with E-state index >= 15 is 0 Å². The number of benzene rings is 1. The van der Waals surface area contributed by atoms with Crippen LogP contribution in [0.4, 0.5) is 5.00 Å². The van der Waals surface area contributed by atoms with Crippen molar-refractivity contribution in [1.29, 1.82) is 0 Å². The van der Waals surface area contributed by atoms with Gasteiger partial charge in [0.1, 0.15) is 10.8 Å². The van der Waals surface area contributed by atoms with Gasteiger partial charge in [-0.05, 0) is 67.9 Å². The molecule has 0 saturated carbocycles. The number of hydrogen-bond acceptors (Lipinski definition) is 5. The number of carbonyl (C=O) groups is 2. The third kappa shape index (κ3) is 6.20. The van der Waals surface area contributed by atoms with Crippen LogP contribution < -0.4 is 10.1 Å². The summed E-state index contributed by atoms with van der Waals surface area (Å²) < 4.78 is 10.9. The minimum Gasteiger partial charge on any atom is -0.494 e. The van der Waals surface area contributed by atoms with Gasteiger partial charge in [-0.15, -0.1) is 11.3 Å². The van der Waals surface area contributed by atoms with E-state index in [4.69, 9.17) is 9.47 Å². The highest BCUT2D eigenvalue weighted by atomic mass is 32.1. The second kappa shape index (κ2) is 11.1. The Labute approximate surface area is 188 Å². The van der Waals surface area contributed by atoms with Crippen molar-refractivity contribution < 1.29 is 19.1 Å². The van der Waals surface area contributed by atoms with Gasteiger partial charge >= 0.3 is 5.97 Å². The molecule has 1 aliphatic carbocycles. The molecule has 5 nitrogen and oxygen atoms in total. The number of anilines is 1. The number of ether oxygens (including phenoxy) is 2. The van der Waals surface area contributed by atoms with Crippen molar-refractivity contribution in [3.63, 3.8) is 0 Å². The van der Waals surface area contributed by atoms with Crippen molar-refractivity contribution in [2.75, 3.05) is 18.5 Å². The Morgan fingerprint density at radius 1 is 1.23 bits per heavy atom. The van der Waals surface area contributed by atoms with Gasteiger partial charge in [-0.2, -0.15) is 0 Å². The van der Waals surface area contributed by atoms with Crippen LogP contribution in [0.15, 0.2) is 30.3 Å². The normalized spacial score (nSPS) is 15.5. The van der Waals surface area contributed by atoms with Gasteiger partial charge in [-0.1, -0.05) is 32.4 Å². The highest BCUT2D eigenvalue weighted by Crippen LogP contribution is 2.40. The molecule has 0 spiro atoms. The molecule has 1 amide bonds. The third-order valence-corrected chi connectivity index (χ3v) is 6.47. The summed E-state index contributed by atoms with van der Waals surface area (Å²) in [5.41, 5.74) is 2.48. The summed E-state index contributed by atoms with van der Waals surface area (Å²) in [4.78, 5) is 26.3. The topological polar surface area (TPSA) is 64.6 Å². The fourth-order valence-electron chi connectivity index (χ4n) is 3.59. The molecule has 2 aromatic rings. The van der Waals surface area contributed by atoms with E-state index in [-0.39, 0.29) is 11.9 Å². The summed E-state index contributed by atoms with van der Waals surface area (Å²) in [5, 5.41) is 3.49. The van der Waals surface area contributed by atoms with Gasteiger partial charge in [-0.3, -0.25) is 4.79 Å². The maximum atomic E-state index is 12.6. The monoisotopic (exact) mass is 441 g/mol. The quantitative estimate of drug-likeness (QED) is 0.300. The number of rotatable bonds is 9. The number of amides is 1. The Balaban J connectivity index is 1.69. The van der Waals surface area contributed by atoms with Crippen molar-refractivity contribution in [1.82, 2.24) is 0 Å². The maximum Gasteiger partial charge on any atom is 0.341 e. The smallest absolute Gasteiger partial charge is 0.341 e. The molecule has 166 valence electrons. The molecule has 0 radical (unpaired) electrons. The van der Waals surface area contributed by atoms with E-state index in [2.05, 4.69) is 19.2 Å². The summed E-state index contributed by atoms with van der Waals surface area (Å²) in [5.74, 6) is 0.791. The molecule has 0 fully saturated rings. The Bertz CT molecular complexity index is 930. The maximum absolute atomic E-state index is 12.6. The molecule has 1 N–H and O–H groups in total. The van der Waals surface area contributed by atoms with E-state index in [1.54, 1.807) is 13.0 Å². The van der Waals surface area contributed by atoms with Crippen LogP contribution >= 0.6 is 11.3 Å². The van der Waals surface area contributed by atoms with Gasteiger partial charge in [0.15, 0.2) is 0 Å². The summed E-state index contributed by atoms with van der Waals surface area (Å²) in [6, 6.07) is 7.64. The minimum absolute atomic E-state index is 0.263. The van der Waals surface area contributed by atoms with Gasteiger partial charge < -0.3 is 14.8 Å². The lowest BCUT2D eigenvalue weighted by atomic mass is 9.88. The molecule has 1 unspecified atom stereocenters. The molecule has 1 atom stereocenters. The summed E-state index contributed by atoms with van der Waals surface area (Å²) >= 11 is 1.50. The second-order valence-electron chi connectivity index (χ2n) is 7.87. The number of esters is 1. The zero-order chi connectivity index (χ0) is 22.2. The van der Waals surface area contributed by atoms with Gasteiger partial charge in [0, 0.05) is 11.0 Å². The van der Waals surface area contributed by atoms with Crippen LogP contribution in [-0.4, -0.2) is 25.1 Å². The Kier molecular flexibility index (Phi) is 8.29. The number of unbranched alkanes of at least 4 members (excludes halogenated alkanes) is 1. The standard InChI is InChI=1S/C25H31NO4S/c1-4-6-15-30-19-11-8-18(9-12-19)10-14-22(27)26-24-23(25(28)29-5-2)20-13-7-17(3)16-21(20)31-24/h8-12,14,17H,4-7,13,15-16H2,1-3H3,(H,26,27)/b14-10+. The van der Waals surface area contributed by atoms with Gasteiger partial charge in [0.2, 0.25) is 5.91 Å². The number of thiophene rings is 1. The highest BCUT2D eigenvalue weighted by Gasteiger charge is 2.28. The zero-order valence-corrected chi connectivity index (χ0v) is 19.3. The second-order valence-corrected chi connectivity index (χ2v) is 8.98.